The standard InChI is InChI=1S/C19H21N3O/c1-14(2)17-8-6-15(7-9-17)11-22-12-19(20-21-22)18-5-3-4-16(10-18)13-23/h3-10,12,14,23H,11,13H2,1-2H3. The molecule has 1 aromatic heterocycles. The Labute approximate surface area is 136 Å². The molecule has 4 nitrogen and oxygen atoms in total. The maximum atomic E-state index is 9.23. The molecule has 0 saturated heterocycles. The van der Waals surface area contributed by atoms with Crippen LogP contribution in [0.5, 0.6) is 0 Å². The van der Waals surface area contributed by atoms with Crippen molar-refractivity contribution in [3.63, 3.8) is 0 Å². The molecule has 23 heavy (non-hydrogen) atoms. The number of benzene rings is 2. The molecule has 0 atom stereocenters. The Morgan fingerprint density at radius 1 is 1.04 bits per heavy atom. The maximum Gasteiger partial charge on any atom is 0.113 e. The minimum absolute atomic E-state index is 0.0319. The maximum absolute atomic E-state index is 9.23. The summed E-state index contributed by atoms with van der Waals surface area (Å²) in [4.78, 5) is 0. The molecule has 0 aliphatic heterocycles. The van der Waals surface area contributed by atoms with Crippen molar-refractivity contribution in [3.8, 4) is 11.3 Å². The van der Waals surface area contributed by atoms with Gasteiger partial charge in [0.1, 0.15) is 5.69 Å². The van der Waals surface area contributed by atoms with Crippen molar-refractivity contribution in [1.29, 1.82) is 0 Å². The lowest BCUT2D eigenvalue weighted by molar-refractivity contribution is 0.282. The number of rotatable bonds is 5. The van der Waals surface area contributed by atoms with Crippen molar-refractivity contribution in [3.05, 3.63) is 71.4 Å². The van der Waals surface area contributed by atoms with Crippen LogP contribution in [0.25, 0.3) is 11.3 Å². The second-order valence-corrected chi connectivity index (χ2v) is 6.06. The minimum atomic E-state index is 0.0319. The third kappa shape index (κ3) is 3.66. The Bertz CT molecular complexity index is 775. The first-order valence-electron chi connectivity index (χ1n) is 7.85. The number of aliphatic hydroxyl groups excluding tert-OH is 1. The molecule has 1 N–H and O–H groups in total. The molecule has 0 amide bonds. The molecule has 0 saturated carbocycles. The van der Waals surface area contributed by atoms with E-state index in [0.717, 1.165) is 16.8 Å². The first kappa shape index (κ1) is 15.4. The molecule has 0 radical (unpaired) electrons. The number of aromatic nitrogens is 3. The highest BCUT2D eigenvalue weighted by Gasteiger charge is 2.06. The number of hydrogen-bond acceptors (Lipinski definition) is 3. The molecule has 3 rings (SSSR count). The van der Waals surface area contributed by atoms with Crippen LogP contribution in [0.3, 0.4) is 0 Å². The third-order valence-electron chi connectivity index (χ3n) is 3.93. The predicted molar refractivity (Wildman–Crippen MR) is 91.0 cm³/mol. The van der Waals surface area contributed by atoms with E-state index < -0.39 is 0 Å². The van der Waals surface area contributed by atoms with E-state index in [1.54, 1.807) is 0 Å². The Morgan fingerprint density at radius 2 is 1.83 bits per heavy atom. The van der Waals surface area contributed by atoms with E-state index in [1.165, 1.54) is 11.1 Å². The number of aliphatic hydroxyl groups is 1. The molecule has 0 spiro atoms. The zero-order chi connectivity index (χ0) is 16.2. The summed E-state index contributed by atoms with van der Waals surface area (Å²) >= 11 is 0. The van der Waals surface area contributed by atoms with Crippen LogP contribution in [0.2, 0.25) is 0 Å². The average molecular weight is 307 g/mol. The van der Waals surface area contributed by atoms with Crippen LogP contribution in [-0.4, -0.2) is 20.1 Å². The van der Waals surface area contributed by atoms with Crippen molar-refractivity contribution >= 4 is 0 Å². The van der Waals surface area contributed by atoms with Crippen LogP contribution in [0.4, 0.5) is 0 Å². The lowest BCUT2D eigenvalue weighted by atomic mass is 10.0. The average Bonchev–Trinajstić information content (AvgIpc) is 3.04. The van der Waals surface area contributed by atoms with Gasteiger partial charge in [-0.05, 0) is 28.7 Å². The SMILES string of the molecule is CC(C)c1ccc(Cn2cc(-c3cccc(CO)c3)nn2)cc1. The van der Waals surface area contributed by atoms with Crippen LogP contribution >= 0.6 is 0 Å². The van der Waals surface area contributed by atoms with Gasteiger partial charge in [-0.3, -0.25) is 0 Å². The summed E-state index contributed by atoms with van der Waals surface area (Å²) in [7, 11) is 0. The first-order valence-corrected chi connectivity index (χ1v) is 7.85. The smallest absolute Gasteiger partial charge is 0.113 e. The van der Waals surface area contributed by atoms with Gasteiger partial charge >= 0.3 is 0 Å². The zero-order valence-corrected chi connectivity index (χ0v) is 13.5. The van der Waals surface area contributed by atoms with E-state index in [1.807, 2.05) is 35.1 Å². The van der Waals surface area contributed by atoms with Crippen LogP contribution in [0.1, 0.15) is 36.5 Å². The normalized spacial score (nSPS) is 11.1. The number of nitrogens with zero attached hydrogens (tertiary/aromatic N) is 3. The molecule has 0 fully saturated rings. The molecule has 4 heteroatoms. The van der Waals surface area contributed by atoms with Crippen LogP contribution in [0.15, 0.2) is 54.7 Å². The van der Waals surface area contributed by atoms with Gasteiger partial charge in [0.2, 0.25) is 0 Å². The third-order valence-corrected chi connectivity index (χ3v) is 3.93. The monoisotopic (exact) mass is 307 g/mol. The van der Waals surface area contributed by atoms with Gasteiger partial charge in [-0.2, -0.15) is 0 Å². The fraction of sp³-hybridized carbons (Fsp3) is 0.263. The molecule has 1 heterocycles. The Kier molecular flexibility index (Phi) is 4.53. The molecular formula is C19H21N3O. The second kappa shape index (κ2) is 6.75. The van der Waals surface area contributed by atoms with Gasteiger partial charge in [0, 0.05) is 5.56 Å². The molecule has 0 aliphatic carbocycles. The van der Waals surface area contributed by atoms with Crippen molar-refractivity contribution < 1.29 is 5.11 Å². The van der Waals surface area contributed by atoms with E-state index in [4.69, 9.17) is 0 Å². The summed E-state index contributed by atoms with van der Waals surface area (Å²) in [6.07, 6.45) is 1.94. The van der Waals surface area contributed by atoms with E-state index >= 15 is 0 Å². The summed E-state index contributed by atoms with van der Waals surface area (Å²) in [6.45, 7) is 5.12. The minimum Gasteiger partial charge on any atom is -0.392 e. The van der Waals surface area contributed by atoms with Crippen LogP contribution in [-0.2, 0) is 13.2 Å². The van der Waals surface area contributed by atoms with Gasteiger partial charge in [0.05, 0.1) is 19.3 Å². The van der Waals surface area contributed by atoms with Crippen molar-refractivity contribution in [1.82, 2.24) is 15.0 Å². The highest BCUT2D eigenvalue weighted by molar-refractivity contribution is 5.58. The van der Waals surface area contributed by atoms with Crippen molar-refractivity contribution in [2.24, 2.45) is 0 Å². The van der Waals surface area contributed by atoms with Gasteiger partial charge in [-0.15, -0.1) is 5.10 Å². The highest BCUT2D eigenvalue weighted by atomic mass is 16.3. The molecule has 2 aromatic carbocycles. The fourth-order valence-electron chi connectivity index (χ4n) is 2.53. The molecular weight excluding hydrogens is 286 g/mol. The summed E-state index contributed by atoms with van der Waals surface area (Å²) in [5.74, 6) is 0.542. The van der Waals surface area contributed by atoms with Crippen LogP contribution < -0.4 is 0 Å². The van der Waals surface area contributed by atoms with E-state index in [2.05, 4.69) is 48.4 Å². The van der Waals surface area contributed by atoms with Crippen molar-refractivity contribution in [2.75, 3.05) is 0 Å². The van der Waals surface area contributed by atoms with Gasteiger partial charge in [-0.25, -0.2) is 4.68 Å². The largest absolute Gasteiger partial charge is 0.392 e. The molecule has 0 aliphatic rings. The number of hydrogen-bond donors (Lipinski definition) is 1. The molecule has 0 unspecified atom stereocenters. The Morgan fingerprint density at radius 3 is 2.52 bits per heavy atom. The molecule has 3 aromatic rings. The summed E-state index contributed by atoms with van der Waals surface area (Å²) in [5.41, 5.74) is 5.21. The second-order valence-electron chi connectivity index (χ2n) is 6.06. The van der Waals surface area contributed by atoms with Gasteiger partial charge < -0.3 is 5.11 Å². The van der Waals surface area contributed by atoms with Gasteiger partial charge in [0.25, 0.3) is 0 Å². The fourth-order valence-corrected chi connectivity index (χ4v) is 2.53. The van der Waals surface area contributed by atoms with Gasteiger partial charge in [-0.1, -0.05) is 61.5 Å². The molecule has 118 valence electrons. The first-order chi connectivity index (χ1) is 11.2. The topological polar surface area (TPSA) is 50.9 Å². The van der Waals surface area contributed by atoms with Crippen molar-refractivity contribution in [2.45, 2.75) is 32.9 Å². The quantitative estimate of drug-likeness (QED) is 0.783. The summed E-state index contributed by atoms with van der Waals surface area (Å²) in [6, 6.07) is 16.3. The summed E-state index contributed by atoms with van der Waals surface area (Å²) < 4.78 is 1.84. The Balaban J connectivity index is 1.76. The lowest BCUT2D eigenvalue weighted by Gasteiger charge is -2.06. The highest BCUT2D eigenvalue weighted by Crippen LogP contribution is 2.19. The van der Waals surface area contributed by atoms with E-state index in [9.17, 15) is 5.11 Å². The molecule has 0 bridgehead atoms. The predicted octanol–water partition coefficient (Wildman–Crippen LogP) is 3.61. The Hall–Kier alpha value is -2.46. The summed E-state index contributed by atoms with van der Waals surface area (Å²) in [5, 5.41) is 17.7. The zero-order valence-electron chi connectivity index (χ0n) is 13.5. The van der Waals surface area contributed by atoms with Crippen LogP contribution in [0, 0.1) is 0 Å². The lowest BCUT2D eigenvalue weighted by Crippen LogP contribution is -2.00. The van der Waals surface area contributed by atoms with E-state index in [-0.39, 0.29) is 6.61 Å². The van der Waals surface area contributed by atoms with Gasteiger partial charge in [0.15, 0.2) is 0 Å². The van der Waals surface area contributed by atoms with E-state index in [0.29, 0.717) is 12.5 Å².